The summed E-state index contributed by atoms with van der Waals surface area (Å²) in [6.45, 7) is 4.93. The summed E-state index contributed by atoms with van der Waals surface area (Å²) in [6, 6.07) is 5.87. The van der Waals surface area contributed by atoms with Gasteiger partial charge in [0.15, 0.2) is 5.82 Å². The lowest BCUT2D eigenvalue weighted by Crippen LogP contribution is -2.08. The molecular weight excluding hydrogens is 264 g/mol. The van der Waals surface area contributed by atoms with E-state index in [0.29, 0.717) is 24.1 Å². The zero-order valence-corrected chi connectivity index (χ0v) is 12.7. The normalized spacial score (nSPS) is 14.4. The first kappa shape index (κ1) is 13.9. The van der Waals surface area contributed by atoms with Crippen LogP contribution in [0, 0.1) is 5.92 Å². The topological polar surface area (TPSA) is 66.0 Å². The lowest BCUT2D eigenvalue weighted by atomic mass is 10.2. The summed E-state index contributed by atoms with van der Waals surface area (Å²) >= 11 is 0. The third-order valence-corrected chi connectivity index (χ3v) is 3.80. The number of hydrogen-bond donors (Lipinski definition) is 1. The van der Waals surface area contributed by atoms with Gasteiger partial charge in [0.1, 0.15) is 0 Å². The first-order chi connectivity index (χ1) is 10.2. The second kappa shape index (κ2) is 5.76. The summed E-state index contributed by atoms with van der Waals surface area (Å²) in [6.07, 6.45) is 4.33. The van der Waals surface area contributed by atoms with Gasteiger partial charge in [0.2, 0.25) is 5.88 Å². The number of nitrogens with two attached hydrogens (primary N) is 1. The molecule has 2 aromatic rings. The van der Waals surface area contributed by atoms with E-state index in [0.717, 1.165) is 30.0 Å². The van der Waals surface area contributed by atoms with Gasteiger partial charge in [0.25, 0.3) is 0 Å². The van der Waals surface area contributed by atoms with Gasteiger partial charge in [0, 0.05) is 5.69 Å². The van der Waals surface area contributed by atoms with Crippen LogP contribution in [0.25, 0.3) is 5.82 Å². The molecule has 0 radical (unpaired) electrons. The van der Waals surface area contributed by atoms with Gasteiger partial charge in [-0.2, -0.15) is 10.1 Å². The second-order valence-electron chi connectivity index (χ2n) is 5.56. The molecule has 1 aliphatic rings. The number of nitrogens with zero attached hydrogens (tertiary/aromatic N) is 3. The smallest absolute Gasteiger partial charge is 0.239 e. The molecule has 112 valence electrons. The van der Waals surface area contributed by atoms with Crippen molar-refractivity contribution in [3.05, 3.63) is 29.6 Å². The predicted molar refractivity (Wildman–Crippen MR) is 82.7 cm³/mol. The van der Waals surface area contributed by atoms with E-state index in [1.54, 1.807) is 0 Å². The standard InChI is InChI=1S/C16H22N4O/c1-3-12-9-13(4-2)20(19-12)15-8-7-14(17)16(18-15)21-10-11-5-6-11/h7-9,11H,3-6,10,17H2,1-2H3. The van der Waals surface area contributed by atoms with Crippen LogP contribution in [-0.4, -0.2) is 21.4 Å². The Hall–Kier alpha value is -2.04. The Morgan fingerprint density at radius 2 is 2.10 bits per heavy atom. The van der Waals surface area contributed by atoms with Crippen LogP contribution < -0.4 is 10.5 Å². The average Bonchev–Trinajstić information content (AvgIpc) is 3.23. The van der Waals surface area contributed by atoms with Crippen LogP contribution in [0.5, 0.6) is 5.88 Å². The molecule has 0 spiro atoms. The highest BCUT2D eigenvalue weighted by Gasteiger charge is 2.22. The number of ether oxygens (including phenoxy) is 1. The highest BCUT2D eigenvalue weighted by Crippen LogP contribution is 2.30. The first-order valence-corrected chi connectivity index (χ1v) is 7.68. The number of aryl methyl sites for hydroxylation is 2. The van der Waals surface area contributed by atoms with Gasteiger partial charge in [0.05, 0.1) is 18.0 Å². The van der Waals surface area contributed by atoms with E-state index in [4.69, 9.17) is 10.5 Å². The Balaban J connectivity index is 1.90. The molecule has 21 heavy (non-hydrogen) atoms. The van der Waals surface area contributed by atoms with Crippen molar-refractivity contribution in [2.24, 2.45) is 5.92 Å². The van der Waals surface area contributed by atoms with Crippen LogP contribution in [0.4, 0.5) is 5.69 Å². The minimum absolute atomic E-state index is 0.523. The van der Waals surface area contributed by atoms with Crippen LogP contribution in [-0.2, 0) is 12.8 Å². The molecule has 0 aromatic carbocycles. The van der Waals surface area contributed by atoms with E-state index in [1.165, 1.54) is 12.8 Å². The van der Waals surface area contributed by atoms with Crippen LogP contribution >= 0.6 is 0 Å². The Morgan fingerprint density at radius 3 is 2.76 bits per heavy atom. The van der Waals surface area contributed by atoms with Gasteiger partial charge in [-0.1, -0.05) is 13.8 Å². The Kier molecular flexibility index (Phi) is 3.82. The third kappa shape index (κ3) is 3.01. The fourth-order valence-corrected chi connectivity index (χ4v) is 2.25. The maximum absolute atomic E-state index is 5.96. The van der Waals surface area contributed by atoms with Crippen molar-refractivity contribution in [1.29, 1.82) is 0 Å². The summed E-state index contributed by atoms with van der Waals surface area (Å²) in [4.78, 5) is 4.55. The van der Waals surface area contributed by atoms with Crippen LogP contribution in [0.3, 0.4) is 0 Å². The zero-order chi connectivity index (χ0) is 14.8. The highest BCUT2D eigenvalue weighted by molar-refractivity contribution is 5.50. The van der Waals surface area contributed by atoms with Crippen LogP contribution in [0.1, 0.15) is 38.1 Å². The molecule has 1 saturated carbocycles. The maximum atomic E-state index is 5.96. The minimum Gasteiger partial charge on any atom is -0.476 e. The van der Waals surface area contributed by atoms with E-state index in [1.807, 2.05) is 16.8 Å². The van der Waals surface area contributed by atoms with E-state index >= 15 is 0 Å². The Morgan fingerprint density at radius 1 is 1.29 bits per heavy atom. The van der Waals surface area contributed by atoms with Crippen molar-refractivity contribution < 1.29 is 4.74 Å². The van der Waals surface area contributed by atoms with Crippen molar-refractivity contribution in [2.75, 3.05) is 12.3 Å². The van der Waals surface area contributed by atoms with Gasteiger partial charge in [-0.3, -0.25) is 0 Å². The zero-order valence-electron chi connectivity index (χ0n) is 12.7. The summed E-state index contributed by atoms with van der Waals surface area (Å²) in [7, 11) is 0. The molecule has 1 aliphatic carbocycles. The summed E-state index contributed by atoms with van der Waals surface area (Å²) in [5, 5.41) is 4.61. The van der Waals surface area contributed by atoms with E-state index in [-0.39, 0.29) is 0 Å². The predicted octanol–water partition coefficient (Wildman–Crippen LogP) is 2.76. The summed E-state index contributed by atoms with van der Waals surface area (Å²) in [5.41, 5.74) is 8.77. The molecule has 0 unspecified atom stereocenters. The van der Waals surface area contributed by atoms with Crippen molar-refractivity contribution in [1.82, 2.24) is 14.8 Å². The second-order valence-corrected chi connectivity index (χ2v) is 5.56. The lowest BCUT2D eigenvalue weighted by molar-refractivity contribution is 0.290. The quantitative estimate of drug-likeness (QED) is 0.886. The molecule has 5 nitrogen and oxygen atoms in total. The van der Waals surface area contributed by atoms with Gasteiger partial charge in [-0.25, -0.2) is 4.68 Å². The van der Waals surface area contributed by atoms with Gasteiger partial charge in [-0.15, -0.1) is 0 Å². The first-order valence-electron chi connectivity index (χ1n) is 7.68. The lowest BCUT2D eigenvalue weighted by Gasteiger charge is -2.10. The average molecular weight is 286 g/mol. The minimum atomic E-state index is 0.523. The molecule has 0 aliphatic heterocycles. The van der Waals surface area contributed by atoms with Crippen molar-refractivity contribution in [3.8, 4) is 11.7 Å². The molecule has 2 N–H and O–H groups in total. The molecular formula is C16H22N4O. The van der Waals surface area contributed by atoms with Crippen LogP contribution in [0.2, 0.25) is 0 Å². The molecule has 0 atom stereocenters. The van der Waals surface area contributed by atoms with E-state index in [9.17, 15) is 0 Å². The van der Waals surface area contributed by atoms with Gasteiger partial charge < -0.3 is 10.5 Å². The number of hydrogen-bond acceptors (Lipinski definition) is 4. The number of nitrogen functional groups attached to an aromatic ring is 1. The van der Waals surface area contributed by atoms with E-state index in [2.05, 4.69) is 30.0 Å². The molecule has 0 bridgehead atoms. The van der Waals surface area contributed by atoms with Crippen molar-refractivity contribution >= 4 is 5.69 Å². The van der Waals surface area contributed by atoms with Crippen molar-refractivity contribution in [3.63, 3.8) is 0 Å². The number of anilines is 1. The number of pyridine rings is 1. The third-order valence-electron chi connectivity index (χ3n) is 3.80. The van der Waals surface area contributed by atoms with E-state index < -0.39 is 0 Å². The molecule has 1 fully saturated rings. The fourth-order valence-electron chi connectivity index (χ4n) is 2.25. The summed E-state index contributed by atoms with van der Waals surface area (Å²) < 4.78 is 7.64. The molecule has 0 saturated heterocycles. The molecule has 3 rings (SSSR count). The highest BCUT2D eigenvalue weighted by atomic mass is 16.5. The van der Waals surface area contributed by atoms with Gasteiger partial charge >= 0.3 is 0 Å². The summed E-state index contributed by atoms with van der Waals surface area (Å²) in [5.74, 6) is 1.97. The molecule has 5 heteroatoms. The van der Waals surface area contributed by atoms with Gasteiger partial charge in [-0.05, 0) is 49.8 Å². The molecule has 0 amide bonds. The molecule has 2 heterocycles. The maximum Gasteiger partial charge on any atom is 0.239 e. The molecule has 2 aromatic heterocycles. The largest absolute Gasteiger partial charge is 0.476 e. The number of rotatable bonds is 6. The fraction of sp³-hybridized carbons (Fsp3) is 0.500. The monoisotopic (exact) mass is 286 g/mol. The Labute approximate surface area is 125 Å². The van der Waals surface area contributed by atoms with Crippen LogP contribution in [0.15, 0.2) is 18.2 Å². The Bertz CT molecular complexity index is 631. The van der Waals surface area contributed by atoms with Crippen molar-refractivity contribution in [2.45, 2.75) is 39.5 Å². The number of aromatic nitrogens is 3. The SMILES string of the molecule is CCc1cc(CC)n(-c2ccc(N)c(OCC3CC3)n2)n1.